The Balaban J connectivity index is 1.89. The molecule has 0 bridgehead atoms. The van der Waals surface area contributed by atoms with Gasteiger partial charge in [-0.25, -0.2) is 0 Å². The molecule has 0 fully saturated rings. The second kappa shape index (κ2) is 14.9. The molecule has 1 aromatic carbocycles. The van der Waals surface area contributed by atoms with Gasteiger partial charge in [0.2, 0.25) is 0 Å². The molecule has 0 spiro atoms. The Bertz CT molecular complexity index is 533. The van der Waals surface area contributed by atoms with Crippen molar-refractivity contribution in [3.05, 3.63) is 34.4 Å². The van der Waals surface area contributed by atoms with Crippen LogP contribution >= 0.6 is 0 Å². The van der Waals surface area contributed by atoms with Gasteiger partial charge in [-0.2, -0.15) is 0 Å². The highest BCUT2D eigenvalue weighted by molar-refractivity contribution is 5.69. The summed E-state index contributed by atoms with van der Waals surface area (Å²) in [6.45, 7) is 4.28. The third-order valence-electron chi connectivity index (χ3n) is 3.64. The maximum atomic E-state index is 11.4. The fourth-order valence-corrected chi connectivity index (χ4v) is 2.19. The number of nitro groups is 1. The first-order valence-corrected chi connectivity index (χ1v) is 9.32. The molecular weight excluding hydrogens is 354 g/mol. The molecule has 0 aromatic heterocycles. The van der Waals surface area contributed by atoms with Crippen molar-refractivity contribution in [3.8, 4) is 5.75 Å². The van der Waals surface area contributed by atoms with Gasteiger partial charge in [0.05, 0.1) is 31.4 Å². The molecule has 0 aliphatic carbocycles. The van der Waals surface area contributed by atoms with Crippen molar-refractivity contribution in [2.75, 3.05) is 39.6 Å². The minimum atomic E-state index is -0.457. The van der Waals surface area contributed by atoms with Crippen LogP contribution < -0.4 is 4.74 Å². The Morgan fingerprint density at radius 2 is 1.56 bits per heavy atom. The van der Waals surface area contributed by atoms with E-state index < -0.39 is 4.92 Å². The second-order valence-corrected chi connectivity index (χ2v) is 5.86. The first-order valence-electron chi connectivity index (χ1n) is 9.32. The monoisotopic (exact) mass is 383 g/mol. The minimum absolute atomic E-state index is 0.0259. The van der Waals surface area contributed by atoms with Gasteiger partial charge in [0, 0.05) is 18.6 Å². The molecule has 0 amide bonds. The molecule has 0 aliphatic heterocycles. The van der Waals surface area contributed by atoms with Crippen LogP contribution in [-0.2, 0) is 19.0 Å². The molecule has 152 valence electrons. The van der Waals surface area contributed by atoms with Gasteiger partial charge in [-0.1, -0.05) is 26.2 Å². The fraction of sp³-hybridized carbons (Fsp3) is 0.632. The van der Waals surface area contributed by atoms with Gasteiger partial charge in [-0.3, -0.25) is 14.9 Å². The molecule has 0 N–H and O–H groups in total. The molecule has 0 aliphatic rings. The maximum absolute atomic E-state index is 11.4. The zero-order valence-corrected chi connectivity index (χ0v) is 15.9. The molecule has 8 nitrogen and oxygen atoms in total. The summed E-state index contributed by atoms with van der Waals surface area (Å²) in [6, 6.07) is 5.88. The zero-order chi connectivity index (χ0) is 19.7. The van der Waals surface area contributed by atoms with Crippen LogP contribution in [0, 0.1) is 10.1 Å². The highest BCUT2D eigenvalue weighted by atomic mass is 16.6. The quantitative estimate of drug-likeness (QED) is 0.186. The summed E-state index contributed by atoms with van der Waals surface area (Å²) >= 11 is 0. The standard InChI is InChI=1S/C19H29NO7/c1-2-3-4-5-6-19(21)27-16-14-25-12-11-24-13-15-26-18-9-7-17(8-10-18)20(22)23/h7-10H,2-6,11-16H2,1H3. The summed E-state index contributed by atoms with van der Waals surface area (Å²) in [5, 5.41) is 10.5. The van der Waals surface area contributed by atoms with Crippen LogP contribution in [0.4, 0.5) is 5.69 Å². The van der Waals surface area contributed by atoms with Gasteiger partial charge in [-0.15, -0.1) is 0 Å². The summed E-state index contributed by atoms with van der Waals surface area (Å²) in [7, 11) is 0. The molecule has 8 heteroatoms. The Kier molecular flexibility index (Phi) is 12.6. The minimum Gasteiger partial charge on any atom is -0.491 e. The lowest BCUT2D eigenvalue weighted by Crippen LogP contribution is -2.14. The van der Waals surface area contributed by atoms with E-state index >= 15 is 0 Å². The Morgan fingerprint density at radius 1 is 0.926 bits per heavy atom. The zero-order valence-electron chi connectivity index (χ0n) is 15.9. The van der Waals surface area contributed by atoms with Crippen molar-refractivity contribution in [2.24, 2.45) is 0 Å². The summed E-state index contributed by atoms with van der Waals surface area (Å²) in [4.78, 5) is 21.5. The van der Waals surface area contributed by atoms with Gasteiger partial charge < -0.3 is 18.9 Å². The predicted molar refractivity (Wildman–Crippen MR) is 99.9 cm³/mol. The van der Waals surface area contributed by atoms with Crippen molar-refractivity contribution in [3.63, 3.8) is 0 Å². The van der Waals surface area contributed by atoms with E-state index in [4.69, 9.17) is 18.9 Å². The first-order chi connectivity index (χ1) is 13.1. The SMILES string of the molecule is CCCCCCC(=O)OCCOCCOCCOc1ccc([N+](=O)[O-])cc1. The number of nitrogens with zero attached hydrogens (tertiary/aromatic N) is 1. The number of ether oxygens (including phenoxy) is 4. The molecule has 0 saturated heterocycles. The summed E-state index contributed by atoms with van der Waals surface area (Å²) in [6.07, 6.45) is 4.71. The number of hydrogen-bond acceptors (Lipinski definition) is 7. The molecule has 0 unspecified atom stereocenters. The highest BCUT2D eigenvalue weighted by Crippen LogP contribution is 2.17. The van der Waals surface area contributed by atoms with E-state index in [0.29, 0.717) is 45.2 Å². The van der Waals surface area contributed by atoms with Crippen LogP contribution in [0.5, 0.6) is 5.75 Å². The molecule has 0 saturated carbocycles. The molecule has 1 aromatic rings. The molecular formula is C19H29NO7. The Morgan fingerprint density at radius 3 is 2.19 bits per heavy atom. The first kappa shape index (κ1) is 22.9. The average Bonchev–Trinajstić information content (AvgIpc) is 2.67. The number of unbranched alkanes of at least 4 members (excludes halogenated alkanes) is 3. The van der Waals surface area contributed by atoms with Gasteiger partial charge in [0.1, 0.15) is 19.0 Å². The lowest BCUT2D eigenvalue weighted by Gasteiger charge is -2.08. The number of esters is 1. The number of carbonyl (C=O) groups excluding carboxylic acids is 1. The number of non-ortho nitro benzene ring substituents is 1. The van der Waals surface area contributed by atoms with E-state index in [1.165, 1.54) is 12.1 Å². The van der Waals surface area contributed by atoms with E-state index in [-0.39, 0.29) is 18.3 Å². The van der Waals surface area contributed by atoms with Gasteiger partial charge in [-0.05, 0) is 18.6 Å². The topological polar surface area (TPSA) is 97.1 Å². The largest absolute Gasteiger partial charge is 0.491 e. The maximum Gasteiger partial charge on any atom is 0.305 e. The number of nitro benzene ring substituents is 1. The molecule has 0 radical (unpaired) electrons. The number of benzene rings is 1. The van der Waals surface area contributed by atoms with E-state index in [1.54, 1.807) is 12.1 Å². The molecule has 0 atom stereocenters. The van der Waals surface area contributed by atoms with Crippen molar-refractivity contribution in [1.82, 2.24) is 0 Å². The van der Waals surface area contributed by atoms with Gasteiger partial charge in [0.15, 0.2) is 0 Å². The Hall–Kier alpha value is -2.19. The van der Waals surface area contributed by atoms with E-state index in [9.17, 15) is 14.9 Å². The van der Waals surface area contributed by atoms with Crippen molar-refractivity contribution < 1.29 is 28.7 Å². The summed E-state index contributed by atoms with van der Waals surface area (Å²) in [5.41, 5.74) is 0.0259. The van der Waals surface area contributed by atoms with Crippen LogP contribution in [0.15, 0.2) is 24.3 Å². The molecule has 0 heterocycles. The van der Waals surface area contributed by atoms with Crippen molar-refractivity contribution >= 4 is 11.7 Å². The average molecular weight is 383 g/mol. The van der Waals surface area contributed by atoms with Crippen LogP contribution in [0.3, 0.4) is 0 Å². The number of carbonyl (C=O) groups is 1. The third-order valence-corrected chi connectivity index (χ3v) is 3.64. The smallest absolute Gasteiger partial charge is 0.305 e. The number of hydrogen-bond donors (Lipinski definition) is 0. The summed E-state index contributed by atoms with van der Waals surface area (Å²) < 4.78 is 21.2. The van der Waals surface area contributed by atoms with Crippen LogP contribution in [0.25, 0.3) is 0 Å². The Labute approximate surface area is 159 Å². The van der Waals surface area contributed by atoms with Crippen LogP contribution in [0.2, 0.25) is 0 Å². The second-order valence-electron chi connectivity index (χ2n) is 5.86. The van der Waals surface area contributed by atoms with Gasteiger partial charge in [0.25, 0.3) is 5.69 Å². The highest BCUT2D eigenvalue weighted by Gasteiger charge is 2.04. The molecule has 1 rings (SSSR count). The van der Waals surface area contributed by atoms with Crippen LogP contribution in [-0.4, -0.2) is 50.5 Å². The lowest BCUT2D eigenvalue weighted by molar-refractivity contribution is -0.384. The van der Waals surface area contributed by atoms with E-state index in [2.05, 4.69) is 6.92 Å². The van der Waals surface area contributed by atoms with Crippen molar-refractivity contribution in [1.29, 1.82) is 0 Å². The van der Waals surface area contributed by atoms with Crippen LogP contribution in [0.1, 0.15) is 39.0 Å². The van der Waals surface area contributed by atoms with E-state index in [1.807, 2.05) is 0 Å². The lowest BCUT2D eigenvalue weighted by atomic mass is 10.2. The van der Waals surface area contributed by atoms with Gasteiger partial charge >= 0.3 is 5.97 Å². The summed E-state index contributed by atoms with van der Waals surface area (Å²) in [5.74, 6) is 0.381. The number of rotatable bonds is 16. The normalized spacial score (nSPS) is 10.6. The fourth-order valence-electron chi connectivity index (χ4n) is 2.19. The predicted octanol–water partition coefficient (Wildman–Crippen LogP) is 3.52. The molecule has 27 heavy (non-hydrogen) atoms. The third kappa shape index (κ3) is 11.9. The van der Waals surface area contributed by atoms with Crippen molar-refractivity contribution in [2.45, 2.75) is 39.0 Å². The van der Waals surface area contributed by atoms with E-state index in [0.717, 1.165) is 25.7 Å².